The first kappa shape index (κ1) is 17.7. The van der Waals surface area contributed by atoms with Crippen LogP contribution < -0.4 is 15.8 Å². The summed E-state index contributed by atoms with van der Waals surface area (Å²) in [7, 11) is 3.10. The summed E-state index contributed by atoms with van der Waals surface area (Å²) in [6.07, 6.45) is -0.154. The second kappa shape index (κ2) is 9.57. The number of carbonyl (C=O) groups excluding carboxylic acids is 1. The van der Waals surface area contributed by atoms with Crippen LogP contribution in [-0.4, -0.2) is 46.0 Å². The number of amides is 1. The van der Waals surface area contributed by atoms with Crippen LogP contribution in [0.3, 0.4) is 0 Å². The zero-order chi connectivity index (χ0) is 15.7. The van der Waals surface area contributed by atoms with Gasteiger partial charge in [-0.25, -0.2) is 0 Å². The third kappa shape index (κ3) is 5.89. The van der Waals surface area contributed by atoms with Crippen LogP contribution in [0.1, 0.15) is 6.42 Å². The molecule has 0 spiro atoms. The molecule has 7 heteroatoms. The predicted molar refractivity (Wildman–Crippen MR) is 81.9 cm³/mol. The topological polar surface area (TPSA) is 82.8 Å². The van der Waals surface area contributed by atoms with Crippen molar-refractivity contribution >= 4 is 23.2 Å². The number of ether oxygens (including phenoxy) is 3. The minimum atomic E-state index is -0.318. The number of rotatable bonds is 9. The second-order valence-corrected chi connectivity index (χ2v) is 4.71. The lowest BCUT2D eigenvalue weighted by atomic mass is 10.2. The maximum absolute atomic E-state index is 12.0. The average molecular weight is 317 g/mol. The molecule has 118 valence electrons. The Balaban J connectivity index is 2.73. The van der Waals surface area contributed by atoms with Gasteiger partial charge in [-0.05, 0) is 12.1 Å². The van der Waals surface area contributed by atoms with E-state index in [1.807, 2.05) is 0 Å². The van der Waals surface area contributed by atoms with Gasteiger partial charge < -0.3 is 25.3 Å². The molecule has 0 aliphatic heterocycles. The Kier molecular flexibility index (Phi) is 8.07. The smallest absolute Gasteiger partial charge is 0.227 e. The highest BCUT2D eigenvalue weighted by Crippen LogP contribution is 2.33. The van der Waals surface area contributed by atoms with E-state index in [4.69, 9.17) is 31.5 Å². The van der Waals surface area contributed by atoms with Crippen LogP contribution in [0, 0.1) is 0 Å². The SMILES string of the molecule is COCCOc1c(Cl)cccc1NC(=O)CC(CN)OC. The van der Waals surface area contributed by atoms with Gasteiger partial charge in [0.2, 0.25) is 5.91 Å². The second-order valence-electron chi connectivity index (χ2n) is 4.30. The Morgan fingerprint density at radius 2 is 2.14 bits per heavy atom. The Morgan fingerprint density at radius 1 is 1.38 bits per heavy atom. The molecular formula is C14H21ClN2O4. The molecule has 1 rings (SSSR count). The predicted octanol–water partition coefficient (Wildman–Crippen LogP) is 1.67. The summed E-state index contributed by atoms with van der Waals surface area (Å²) in [6.45, 7) is 1.04. The quantitative estimate of drug-likeness (QED) is 0.677. The monoisotopic (exact) mass is 316 g/mol. The fourth-order valence-electron chi connectivity index (χ4n) is 1.65. The van der Waals surface area contributed by atoms with Gasteiger partial charge in [-0.3, -0.25) is 4.79 Å². The number of benzene rings is 1. The third-order valence-electron chi connectivity index (χ3n) is 2.78. The first-order valence-corrected chi connectivity index (χ1v) is 6.93. The summed E-state index contributed by atoms with van der Waals surface area (Å²) in [5, 5.41) is 3.17. The highest BCUT2D eigenvalue weighted by Gasteiger charge is 2.15. The van der Waals surface area contributed by atoms with Gasteiger partial charge in [0.05, 0.1) is 29.8 Å². The summed E-state index contributed by atoms with van der Waals surface area (Å²) in [5.41, 5.74) is 6.01. The van der Waals surface area contributed by atoms with E-state index in [-0.39, 0.29) is 25.0 Å². The Morgan fingerprint density at radius 3 is 2.76 bits per heavy atom. The van der Waals surface area contributed by atoms with E-state index in [9.17, 15) is 4.79 Å². The fraction of sp³-hybridized carbons (Fsp3) is 0.500. The number of halogens is 1. The molecule has 1 unspecified atom stereocenters. The molecule has 0 aromatic heterocycles. The Labute approximate surface area is 129 Å². The standard InChI is InChI=1S/C14H21ClN2O4/c1-19-6-7-21-14-11(15)4-3-5-12(14)17-13(18)8-10(9-16)20-2/h3-5,10H,6-9,16H2,1-2H3,(H,17,18). The average Bonchev–Trinajstić information content (AvgIpc) is 2.47. The van der Waals surface area contributed by atoms with Crippen LogP contribution in [0.5, 0.6) is 5.75 Å². The van der Waals surface area contributed by atoms with Crippen molar-refractivity contribution in [3.63, 3.8) is 0 Å². The molecule has 0 bridgehead atoms. The zero-order valence-corrected chi connectivity index (χ0v) is 13.0. The molecule has 1 amide bonds. The molecule has 3 N–H and O–H groups in total. The molecule has 0 heterocycles. The van der Waals surface area contributed by atoms with Crippen LogP contribution >= 0.6 is 11.6 Å². The maximum atomic E-state index is 12.0. The van der Waals surface area contributed by atoms with E-state index in [2.05, 4.69) is 5.32 Å². The van der Waals surface area contributed by atoms with Crippen LogP contribution in [0.2, 0.25) is 5.02 Å². The molecule has 0 radical (unpaired) electrons. The number of carbonyl (C=O) groups is 1. The van der Waals surface area contributed by atoms with Crippen molar-refractivity contribution in [3.8, 4) is 5.75 Å². The van der Waals surface area contributed by atoms with Crippen molar-refractivity contribution in [3.05, 3.63) is 23.2 Å². The lowest BCUT2D eigenvalue weighted by Crippen LogP contribution is -2.28. The normalized spacial score (nSPS) is 12.0. The Bertz CT molecular complexity index is 453. The van der Waals surface area contributed by atoms with E-state index in [1.54, 1.807) is 25.3 Å². The molecule has 0 saturated heterocycles. The van der Waals surface area contributed by atoms with Gasteiger partial charge in [0.15, 0.2) is 5.75 Å². The summed E-state index contributed by atoms with van der Waals surface area (Å²) in [4.78, 5) is 12.0. The maximum Gasteiger partial charge on any atom is 0.227 e. The summed E-state index contributed by atoms with van der Waals surface area (Å²) >= 11 is 6.09. The lowest BCUT2D eigenvalue weighted by molar-refractivity contribution is -0.118. The van der Waals surface area contributed by atoms with Crippen molar-refractivity contribution in [2.45, 2.75) is 12.5 Å². The first-order valence-electron chi connectivity index (χ1n) is 6.55. The molecule has 0 fully saturated rings. The number of hydrogen-bond donors (Lipinski definition) is 2. The number of anilines is 1. The highest BCUT2D eigenvalue weighted by atomic mass is 35.5. The number of hydrogen-bond acceptors (Lipinski definition) is 5. The fourth-order valence-corrected chi connectivity index (χ4v) is 1.88. The summed E-state index contributed by atoms with van der Waals surface area (Å²) in [5.74, 6) is 0.206. The third-order valence-corrected chi connectivity index (χ3v) is 3.08. The van der Waals surface area contributed by atoms with E-state index < -0.39 is 0 Å². The molecule has 0 saturated carbocycles. The van der Waals surface area contributed by atoms with Crippen molar-refractivity contribution in [2.24, 2.45) is 5.73 Å². The minimum Gasteiger partial charge on any atom is -0.487 e. The lowest BCUT2D eigenvalue weighted by Gasteiger charge is -2.16. The van der Waals surface area contributed by atoms with Gasteiger partial charge in [0.25, 0.3) is 0 Å². The van der Waals surface area contributed by atoms with Crippen molar-refractivity contribution in [2.75, 3.05) is 39.3 Å². The van der Waals surface area contributed by atoms with Crippen LogP contribution in [-0.2, 0) is 14.3 Å². The number of para-hydroxylation sites is 1. The molecule has 0 aliphatic carbocycles. The van der Waals surface area contributed by atoms with Crippen LogP contribution in [0.15, 0.2) is 18.2 Å². The molecule has 1 atom stereocenters. The van der Waals surface area contributed by atoms with Gasteiger partial charge in [-0.1, -0.05) is 17.7 Å². The largest absolute Gasteiger partial charge is 0.487 e. The van der Waals surface area contributed by atoms with Crippen LogP contribution in [0.25, 0.3) is 0 Å². The molecule has 1 aromatic rings. The first-order chi connectivity index (χ1) is 10.1. The number of nitrogens with two attached hydrogens (primary N) is 1. The van der Waals surface area contributed by atoms with Crippen LogP contribution in [0.4, 0.5) is 5.69 Å². The van der Waals surface area contributed by atoms with E-state index in [1.165, 1.54) is 7.11 Å². The molecule has 0 aliphatic rings. The Hall–Kier alpha value is -1.34. The van der Waals surface area contributed by atoms with Gasteiger partial charge in [-0.2, -0.15) is 0 Å². The van der Waals surface area contributed by atoms with Gasteiger partial charge in [-0.15, -0.1) is 0 Å². The molecular weight excluding hydrogens is 296 g/mol. The van der Waals surface area contributed by atoms with E-state index >= 15 is 0 Å². The highest BCUT2D eigenvalue weighted by molar-refractivity contribution is 6.32. The number of nitrogens with one attached hydrogen (secondary N) is 1. The zero-order valence-electron chi connectivity index (χ0n) is 12.2. The summed E-state index contributed by atoms with van der Waals surface area (Å²) < 4.78 is 15.5. The summed E-state index contributed by atoms with van der Waals surface area (Å²) in [6, 6.07) is 5.14. The van der Waals surface area contributed by atoms with Crippen molar-refractivity contribution in [1.29, 1.82) is 0 Å². The molecule has 21 heavy (non-hydrogen) atoms. The van der Waals surface area contributed by atoms with Gasteiger partial charge in [0, 0.05) is 20.8 Å². The van der Waals surface area contributed by atoms with E-state index in [0.29, 0.717) is 29.7 Å². The van der Waals surface area contributed by atoms with Gasteiger partial charge in [0.1, 0.15) is 6.61 Å². The minimum absolute atomic E-state index is 0.164. The number of methoxy groups -OCH3 is 2. The molecule has 6 nitrogen and oxygen atoms in total. The van der Waals surface area contributed by atoms with E-state index in [0.717, 1.165) is 0 Å². The molecule has 1 aromatic carbocycles. The van der Waals surface area contributed by atoms with Crippen molar-refractivity contribution in [1.82, 2.24) is 0 Å². The van der Waals surface area contributed by atoms with Gasteiger partial charge >= 0.3 is 0 Å². The van der Waals surface area contributed by atoms with Crippen molar-refractivity contribution < 1.29 is 19.0 Å².